The van der Waals surface area contributed by atoms with Gasteiger partial charge in [-0.15, -0.1) is 11.3 Å². The van der Waals surface area contributed by atoms with E-state index in [0.717, 1.165) is 0 Å². The molecule has 0 radical (unpaired) electrons. The van der Waals surface area contributed by atoms with E-state index in [-0.39, 0.29) is 11.9 Å². The number of aromatic nitrogens is 1. The molecule has 2 atom stereocenters. The van der Waals surface area contributed by atoms with E-state index in [1.165, 1.54) is 11.3 Å². The Balaban J connectivity index is 1.96. The van der Waals surface area contributed by atoms with E-state index >= 15 is 0 Å². The Hall–Kier alpha value is -1.43. The van der Waals surface area contributed by atoms with E-state index < -0.39 is 16.4 Å². The molecule has 102 valence electrons. The van der Waals surface area contributed by atoms with Gasteiger partial charge in [-0.1, -0.05) is 13.8 Å². The van der Waals surface area contributed by atoms with Gasteiger partial charge in [-0.05, 0) is 19.8 Å². The van der Waals surface area contributed by atoms with Gasteiger partial charge < -0.3 is 4.74 Å². The molecule has 0 unspecified atom stereocenters. The minimum absolute atomic E-state index is 0.262. The summed E-state index contributed by atoms with van der Waals surface area (Å²) >= 11 is 1.35. The third-order valence-corrected chi connectivity index (χ3v) is 5.79. The smallest absolute Gasteiger partial charge is 0.313 e. The van der Waals surface area contributed by atoms with Gasteiger partial charge in [0.25, 0.3) is 5.91 Å². The fraction of sp³-hybridized carbons (Fsp3) is 0.615. The first-order valence-corrected chi connectivity index (χ1v) is 7.16. The number of hydrogen-bond acceptors (Lipinski definition) is 5. The summed E-state index contributed by atoms with van der Waals surface area (Å²) in [5.74, 6) is -0.528. The molecule has 5 nitrogen and oxygen atoms in total. The van der Waals surface area contributed by atoms with Gasteiger partial charge in [0.05, 0.1) is 5.41 Å². The van der Waals surface area contributed by atoms with Crippen LogP contribution < -0.4 is 5.32 Å². The van der Waals surface area contributed by atoms with Crippen LogP contribution >= 0.6 is 11.3 Å². The van der Waals surface area contributed by atoms with E-state index in [4.69, 9.17) is 4.74 Å². The predicted molar refractivity (Wildman–Crippen MR) is 70.7 cm³/mol. The number of nitrogens with one attached hydrogen (secondary N) is 1. The molecule has 1 aromatic heterocycles. The van der Waals surface area contributed by atoms with E-state index in [9.17, 15) is 9.59 Å². The van der Waals surface area contributed by atoms with E-state index in [1.807, 2.05) is 20.8 Å². The summed E-state index contributed by atoms with van der Waals surface area (Å²) in [5.41, 5.74) is -2.16. The van der Waals surface area contributed by atoms with Gasteiger partial charge in [0.2, 0.25) is 0 Å². The molecule has 2 fully saturated rings. The van der Waals surface area contributed by atoms with Crippen LogP contribution in [0.15, 0.2) is 11.6 Å². The van der Waals surface area contributed by atoms with Crippen LogP contribution in [-0.4, -0.2) is 22.5 Å². The molecule has 19 heavy (non-hydrogen) atoms. The zero-order valence-corrected chi connectivity index (χ0v) is 12.0. The average Bonchev–Trinajstić information content (AvgIpc) is 2.94. The quantitative estimate of drug-likeness (QED) is 0.843. The monoisotopic (exact) mass is 280 g/mol. The molecular formula is C13H16N2O3S. The summed E-state index contributed by atoms with van der Waals surface area (Å²) < 4.78 is 5.50. The Morgan fingerprint density at radius 1 is 1.42 bits per heavy atom. The molecule has 2 bridgehead atoms. The molecule has 3 rings (SSSR count). The highest BCUT2D eigenvalue weighted by atomic mass is 32.1. The third kappa shape index (κ3) is 1.32. The number of carbonyl (C=O) groups is 2. The molecule has 2 aliphatic rings. The topological polar surface area (TPSA) is 68.3 Å². The normalized spacial score (nSPS) is 35.2. The Kier molecular flexibility index (Phi) is 2.36. The first kappa shape index (κ1) is 12.6. The number of thiazole rings is 1. The average molecular weight is 280 g/mol. The molecule has 0 aromatic carbocycles. The lowest BCUT2D eigenvalue weighted by Gasteiger charge is -2.35. The number of amides is 1. The molecule has 2 heterocycles. The number of nitrogens with zero attached hydrogens (tertiary/aromatic N) is 1. The van der Waals surface area contributed by atoms with Crippen molar-refractivity contribution < 1.29 is 14.3 Å². The van der Waals surface area contributed by atoms with Crippen LogP contribution in [0.3, 0.4) is 0 Å². The Labute approximate surface area is 115 Å². The van der Waals surface area contributed by atoms with Gasteiger partial charge in [0, 0.05) is 17.0 Å². The number of rotatable bonds is 2. The molecule has 6 heteroatoms. The second-order valence-electron chi connectivity index (χ2n) is 5.97. The maximum absolute atomic E-state index is 12.6. The zero-order chi connectivity index (χ0) is 13.9. The highest BCUT2D eigenvalue weighted by Gasteiger charge is 2.75. The summed E-state index contributed by atoms with van der Waals surface area (Å²) in [6.07, 6.45) is 2.88. The lowest BCUT2D eigenvalue weighted by molar-refractivity contribution is -0.165. The predicted octanol–water partition coefficient (Wildman–Crippen LogP) is 2.20. The fourth-order valence-electron chi connectivity index (χ4n) is 3.23. The van der Waals surface area contributed by atoms with Crippen LogP contribution in [0.5, 0.6) is 0 Å². The van der Waals surface area contributed by atoms with E-state index in [1.54, 1.807) is 11.6 Å². The number of ether oxygens (including phenoxy) is 1. The van der Waals surface area contributed by atoms with Crippen molar-refractivity contribution in [3.8, 4) is 0 Å². The second-order valence-corrected chi connectivity index (χ2v) is 6.86. The van der Waals surface area contributed by atoms with Gasteiger partial charge in [-0.3, -0.25) is 14.9 Å². The van der Waals surface area contributed by atoms with Crippen molar-refractivity contribution in [1.29, 1.82) is 0 Å². The van der Waals surface area contributed by atoms with Crippen LogP contribution in [-0.2, 0) is 14.3 Å². The fourth-order valence-corrected chi connectivity index (χ4v) is 3.75. The van der Waals surface area contributed by atoms with Gasteiger partial charge in [-0.25, -0.2) is 4.98 Å². The molecule has 1 aliphatic carbocycles. The van der Waals surface area contributed by atoms with Crippen molar-refractivity contribution in [1.82, 2.24) is 4.98 Å². The van der Waals surface area contributed by atoms with Crippen molar-refractivity contribution in [2.75, 3.05) is 5.32 Å². The molecule has 1 saturated heterocycles. The Morgan fingerprint density at radius 3 is 2.63 bits per heavy atom. The van der Waals surface area contributed by atoms with Gasteiger partial charge in [0.1, 0.15) is 0 Å². The third-order valence-electron chi connectivity index (χ3n) is 5.10. The van der Waals surface area contributed by atoms with Crippen molar-refractivity contribution in [2.45, 2.75) is 39.2 Å². The lowest BCUT2D eigenvalue weighted by atomic mass is 9.66. The maximum atomic E-state index is 12.6. The minimum Gasteiger partial charge on any atom is -0.448 e. The standard InChI is InChI=1S/C13H16N2O3S/c1-11(2)12(3)4-5-13(11,18-9(12)17)8(16)15-10-14-6-7-19-10/h6-7H,4-5H2,1-3H3,(H,14,15,16)/t12-,13+/m0/s1. The van der Waals surface area contributed by atoms with Gasteiger partial charge >= 0.3 is 5.97 Å². The summed E-state index contributed by atoms with van der Waals surface area (Å²) in [6.45, 7) is 5.76. The van der Waals surface area contributed by atoms with Crippen molar-refractivity contribution in [3.63, 3.8) is 0 Å². The summed E-state index contributed by atoms with van der Waals surface area (Å²) in [6, 6.07) is 0. The second kappa shape index (κ2) is 3.56. The van der Waals surface area contributed by atoms with Crippen molar-refractivity contribution in [2.24, 2.45) is 10.8 Å². The molecule has 0 spiro atoms. The number of hydrogen-bond donors (Lipinski definition) is 1. The first-order chi connectivity index (χ1) is 8.83. The summed E-state index contributed by atoms with van der Waals surface area (Å²) in [4.78, 5) is 28.7. The highest BCUT2D eigenvalue weighted by Crippen LogP contribution is 2.65. The molecular weight excluding hydrogens is 264 g/mol. The maximum Gasteiger partial charge on any atom is 0.313 e. The minimum atomic E-state index is -1.06. The summed E-state index contributed by atoms with van der Waals surface area (Å²) in [7, 11) is 0. The molecule has 1 aromatic rings. The Morgan fingerprint density at radius 2 is 2.16 bits per heavy atom. The first-order valence-electron chi connectivity index (χ1n) is 6.28. The molecule has 1 amide bonds. The zero-order valence-electron chi connectivity index (χ0n) is 11.1. The van der Waals surface area contributed by atoms with Crippen molar-refractivity contribution >= 4 is 28.3 Å². The van der Waals surface area contributed by atoms with E-state index in [0.29, 0.717) is 18.0 Å². The Bertz CT molecular complexity index is 554. The van der Waals surface area contributed by atoms with Gasteiger partial charge in [0.15, 0.2) is 10.7 Å². The largest absolute Gasteiger partial charge is 0.448 e. The van der Waals surface area contributed by atoms with Crippen LogP contribution in [0.4, 0.5) is 5.13 Å². The van der Waals surface area contributed by atoms with Crippen molar-refractivity contribution in [3.05, 3.63) is 11.6 Å². The van der Waals surface area contributed by atoms with Crippen LogP contribution in [0.2, 0.25) is 0 Å². The number of anilines is 1. The van der Waals surface area contributed by atoms with Crippen LogP contribution in [0, 0.1) is 10.8 Å². The van der Waals surface area contributed by atoms with Gasteiger partial charge in [-0.2, -0.15) is 0 Å². The summed E-state index contributed by atoms with van der Waals surface area (Å²) in [5, 5.41) is 5.09. The number of carbonyl (C=O) groups excluding carboxylic acids is 2. The number of esters is 1. The molecule has 1 aliphatic heterocycles. The lowest BCUT2D eigenvalue weighted by Crippen LogP contribution is -2.50. The SMILES string of the molecule is CC1(C)[C@@]2(C)CC[C@]1(C(=O)Nc1nccs1)OC2=O. The molecule has 1 N–H and O–H groups in total. The highest BCUT2D eigenvalue weighted by molar-refractivity contribution is 7.13. The van der Waals surface area contributed by atoms with Crippen LogP contribution in [0.25, 0.3) is 0 Å². The number of fused-ring (bicyclic) bond motifs is 2. The van der Waals surface area contributed by atoms with E-state index in [2.05, 4.69) is 10.3 Å². The van der Waals surface area contributed by atoms with Crippen LogP contribution in [0.1, 0.15) is 33.6 Å². The molecule has 1 saturated carbocycles.